The lowest BCUT2D eigenvalue weighted by atomic mass is 10.2. The number of para-hydroxylation sites is 1. The van der Waals surface area contributed by atoms with Gasteiger partial charge < -0.3 is 10.0 Å². The van der Waals surface area contributed by atoms with Crippen LogP contribution in [0.2, 0.25) is 5.02 Å². The molecule has 0 saturated carbocycles. The molecule has 0 spiro atoms. The van der Waals surface area contributed by atoms with E-state index in [0.717, 1.165) is 11.3 Å². The van der Waals surface area contributed by atoms with Gasteiger partial charge in [0.2, 0.25) is 0 Å². The standard InChI is InChI=1S/C16H16ClN3O/c1-20(2)14-8-7-12(15(17)9-14)10-18-19-11-13-5-3-4-6-16(13)21/h3-11,21H,1-2H3/b18-10-,19-11-. The molecule has 0 radical (unpaired) electrons. The van der Waals surface area contributed by atoms with Crippen molar-refractivity contribution in [2.45, 2.75) is 0 Å². The van der Waals surface area contributed by atoms with Crippen molar-refractivity contribution < 1.29 is 5.11 Å². The minimum absolute atomic E-state index is 0.171. The third-order valence-corrected chi connectivity index (χ3v) is 3.22. The van der Waals surface area contributed by atoms with E-state index in [9.17, 15) is 5.11 Å². The molecule has 1 N–H and O–H groups in total. The summed E-state index contributed by atoms with van der Waals surface area (Å²) in [4.78, 5) is 1.98. The first-order chi connectivity index (χ1) is 10.1. The van der Waals surface area contributed by atoms with E-state index in [1.165, 1.54) is 6.21 Å². The molecule has 0 heterocycles. The Kier molecular flexibility index (Phi) is 4.95. The number of phenolic OH excluding ortho intramolecular Hbond substituents is 1. The fourth-order valence-corrected chi connectivity index (χ4v) is 1.91. The Morgan fingerprint density at radius 2 is 1.67 bits per heavy atom. The zero-order valence-electron chi connectivity index (χ0n) is 11.9. The van der Waals surface area contributed by atoms with Crippen molar-refractivity contribution in [3.8, 4) is 5.75 Å². The van der Waals surface area contributed by atoms with Crippen molar-refractivity contribution in [1.82, 2.24) is 0 Å². The highest BCUT2D eigenvalue weighted by molar-refractivity contribution is 6.33. The van der Waals surface area contributed by atoms with Gasteiger partial charge in [-0.2, -0.15) is 10.2 Å². The Bertz CT molecular complexity index is 681. The summed E-state index contributed by atoms with van der Waals surface area (Å²) in [6, 6.07) is 12.6. The van der Waals surface area contributed by atoms with Crippen molar-refractivity contribution in [2.75, 3.05) is 19.0 Å². The van der Waals surface area contributed by atoms with Crippen LogP contribution < -0.4 is 4.90 Å². The van der Waals surface area contributed by atoms with E-state index in [4.69, 9.17) is 11.6 Å². The maximum absolute atomic E-state index is 9.58. The molecular formula is C16H16ClN3O. The van der Waals surface area contributed by atoms with E-state index in [-0.39, 0.29) is 5.75 Å². The van der Waals surface area contributed by atoms with Crippen molar-refractivity contribution in [1.29, 1.82) is 0 Å². The summed E-state index contributed by atoms with van der Waals surface area (Å²) >= 11 is 6.18. The Labute approximate surface area is 129 Å². The van der Waals surface area contributed by atoms with Crippen LogP contribution in [0.5, 0.6) is 5.75 Å². The molecule has 2 aromatic carbocycles. The first kappa shape index (κ1) is 15.1. The van der Waals surface area contributed by atoms with E-state index < -0.39 is 0 Å². The fourth-order valence-electron chi connectivity index (χ4n) is 1.69. The van der Waals surface area contributed by atoms with Gasteiger partial charge in [-0.25, -0.2) is 0 Å². The molecule has 0 aliphatic carbocycles. The third-order valence-electron chi connectivity index (χ3n) is 2.90. The van der Waals surface area contributed by atoms with Crippen molar-refractivity contribution in [3.63, 3.8) is 0 Å². The minimum Gasteiger partial charge on any atom is -0.507 e. The van der Waals surface area contributed by atoms with Crippen LogP contribution in [0.15, 0.2) is 52.7 Å². The highest BCUT2D eigenvalue weighted by atomic mass is 35.5. The summed E-state index contributed by atoms with van der Waals surface area (Å²) in [5.74, 6) is 0.171. The number of aromatic hydroxyl groups is 1. The van der Waals surface area contributed by atoms with E-state index in [1.807, 2.05) is 43.3 Å². The average molecular weight is 302 g/mol. The minimum atomic E-state index is 0.171. The summed E-state index contributed by atoms with van der Waals surface area (Å²) in [5.41, 5.74) is 2.43. The number of nitrogens with zero attached hydrogens (tertiary/aromatic N) is 3. The molecule has 0 fully saturated rings. The van der Waals surface area contributed by atoms with Crippen LogP contribution in [0.4, 0.5) is 5.69 Å². The second-order valence-corrected chi connectivity index (χ2v) is 5.06. The lowest BCUT2D eigenvalue weighted by Crippen LogP contribution is -2.08. The zero-order chi connectivity index (χ0) is 15.2. The number of benzene rings is 2. The van der Waals surface area contributed by atoms with Crippen LogP contribution in [0.25, 0.3) is 0 Å². The van der Waals surface area contributed by atoms with Crippen LogP contribution in [-0.2, 0) is 0 Å². The fraction of sp³-hybridized carbons (Fsp3) is 0.125. The van der Waals surface area contributed by atoms with E-state index in [2.05, 4.69) is 10.2 Å². The van der Waals surface area contributed by atoms with Gasteiger partial charge in [-0.05, 0) is 30.3 Å². The van der Waals surface area contributed by atoms with Gasteiger partial charge in [-0.15, -0.1) is 0 Å². The lowest BCUT2D eigenvalue weighted by Gasteiger charge is -2.12. The van der Waals surface area contributed by atoms with Gasteiger partial charge in [0.25, 0.3) is 0 Å². The van der Waals surface area contributed by atoms with Crippen LogP contribution in [0.3, 0.4) is 0 Å². The second kappa shape index (κ2) is 6.90. The summed E-state index contributed by atoms with van der Waals surface area (Å²) in [7, 11) is 3.91. The Hall–Kier alpha value is -2.33. The molecule has 0 unspecified atom stereocenters. The van der Waals surface area contributed by atoms with Gasteiger partial charge in [-0.3, -0.25) is 0 Å². The highest BCUT2D eigenvalue weighted by Crippen LogP contribution is 2.21. The molecule has 2 rings (SSSR count). The normalized spacial score (nSPS) is 11.4. The predicted molar refractivity (Wildman–Crippen MR) is 89.1 cm³/mol. The zero-order valence-corrected chi connectivity index (χ0v) is 12.6. The molecule has 0 aromatic heterocycles. The molecule has 108 valence electrons. The molecule has 5 heteroatoms. The van der Waals surface area contributed by atoms with Crippen molar-refractivity contribution in [2.24, 2.45) is 10.2 Å². The number of halogens is 1. The first-order valence-corrected chi connectivity index (χ1v) is 6.77. The van der Waals surface area contributed by atoms with Crippen LogP contribution in [0.1, 0.15) is 11.1 Å². The van der Waals surface area contributed by atoms with Crippen LogP contribution in [-0.4, -0.2) is 31.6 Å². The second-order valence-electron chi connectivity index (χ2n) is 4.65. The topological polar surface area (TPSA) is 48.2 Å². The Morgan fingerprint density at radius 1 is 1.00 bits per heavy atom. The number of hydrogen-bond acceptors (Lipinski definition) is 4. The van der Waals surface area contributed by atoms with Crippen molar-refractivity contribution in [3.05, 3.63) is 58.6 Å². The molecule has 0 aliphatic heterocycles. The maximum Gasteiger partial charge on any atom is 0.124 e. The first-order valence-electron chi connectivity index (χ1n) is 6.39. The number of rotatable bonds is 4. The summed E-state index contributed by atoms with van der Waals surface area (Å²) < 4.78 is 0. The van der Waals surface area contributed by atoms with E-state index in [1.54, 1.807) is 24.4 Å². The molecule has 0 aliphatic rings. The number of hydrogen-bond donors (Lipinski definition) is 1. The number of phenols is 1. The summed E-state index contributed by atoms with van der Waals surface area (Å²) in [6.07, 6.45) is 3.08. The summed E-state index contributed by atoms with van der Waals surface area (Å²) in [6.45, 7) is 0. The van der Waals surface area contributed by atoms with Gasteiger partial charge in [-0.1, -0.05) is 23.7 Å². The smallest absolute Gasteiger partial charge is 0.124 e. The predicted octanol–water partition coefficient (Wildman–Crippen LogP) is 3.56. The van der Waals surface area contributed by atoms with Gasteiger partial charge in [0.1, 0.15) is 5.75 Å². The molecule has 0 amide bonds. The molecule has 0 bridgehead atoms. The SMILES string of the molecule is CN(C)c1ccc(/C=N\N=C/c2ccccc2O)c(Cl)c1. The molecule has 2 aromatic rings. The van der Waals surface area contributed by atoms with Crippen LogP contribution in [0, 0.1) is 0 Å². The summed E-state index contributed by atoms with van der Waals surface area (Å²) in [5, 5.41) is 18.1. The molecule has 0 saturated heterocycles. The Morgan fingerprint density at radius 3 is 2.29 bits per heavy atom. The largest absolute Gasteiger partial charge is 0.507 e. The lowest BCUT2D eigenvalue weighted by molar-refractivity contribution is 0.474. The molecule has 0 atom stereocenters. The highest BCUT2D eigenvalue weighted by Gasteiger charge is 2.01. The molecule has 4 nitrogen and oxygen atoms in total. The monoisotopic (exact) mass is 301 g/mol. The van der Waals surface area contributed by atoms with Crippen LogP contribution >= 0.6 is 11.6 Å². The van der Waals surface area contributed by atoms with E-state index in [0.29, 0.717) is 10.6 Å². The quantitative estimate of drug-likeness (QED) is 0.693. The molecular weight excluding hydrogens is 286 g/mol. The average Bonchev–Trinajstić information content (AvgIpc) is 2.46. The van der Waals surface area contributed by atoms with Crippen molar-refractivity contribution >= 4 is 29.7 Å². The van der Waals surface area contributed by atoms with Gasteiger partial charge in [0, 0.05) is 30.9 Å². The van der Waals surface area contributed by atoms with Gasteiger partial charge in [0.05, 0.1) is 17.5 Å². The maximum atomic E-state index is 9.58. The molecule has 21 heavy (non-hydrogen) atoms. The van der Waals surface area contributed by atoms with Gasteiger partial charge in [0.15, 0.2) is 0 Å². The number of anilines is 1. The Balaban J connectivity index is 2.10. The van der Waals surface area contributed by atoms with Gasteiger partial charge >= 0.3 is 0 Å². The van der Waals surface area contributed by atoms with E-state index >= 15 is 0 Å². The third kappa shape index (κ3) is 4.07.